The van der Waals surface area contributed by atoms with Gasteiger partial charge in [-0.2, -0.15) is 0 Å². The molecule has 5 nitrogen and oxygen atoms in total. The number of carbonyl (C=O) groups is 1. The fraction of sp³-hybridized carbons (Fsp3) is 0.409. The summed E-state index contributed by atoms with van der Waals surface area (Å²) < 4.78 is 5.50. The Bertz CT molecular complexity index is 771. The summed E-state index contributed by atoms with van der Waals surface area (Å²) >= 11 is 0. The van der Waals surface area contributed by atoms with E-state index >= 15 is 0 Å². The van der Waals surface area contributed by atoms with Crippen molar-refractivity contribution >= 4 is 17.4 Å². The molecular weight excluding hydrogens is 338 g/mol. The molecule has 0 aromatic heterocycles. The first kappa shape index (κ1) is 19.1. The maximum atomic E-state index is 12.7. The van der Waals surface area contributed by atoms with Crippen LogP contribution in [-0.2, 0) is 0 Å². The highest BCUT2D eigenvalue weighted by molar-refractivity contribution is 5.91. The van der Waals surface area contributed by atoms with Crippen LogP contribution in [0.4, 0.5) is 16.2 Å². The smallest absolute Gasteiger partial charge is 0.321 e. The van der Waals surface area contributed by atoms with Crippen molar-refractivity contribution in [3.05, 3.63) is 53.1 Å². The zero-order valence-electron chi connectivity index (χ0n) is 16.7. The van der Waals surface area contributed by atoms with E-state index in [0.717, 1.165) is 35.7 Å². The molecule has 0 radical (unpaired) electrons. The van der Waals surface area contributed by atoms with Gasteiger partial charge in [0.15, 0.2) is 0 Å². The molecule has 2 aromatic rings. The van der Waals surface area contributed by atoms with Gasteiger partial charge in [-0.3, -0.25) is 0 Å². The summed E-state index contributed by atoms with van der Waals surface area (Å²) in [4.78, 5) is 16.9. The largest absolute Gasteiger partial charge is 0.494 e. The number of amides is 2. The van der Waals surface area contributed by atoms with Crippen LogP contribution in [0.2, 0.25) is 0 Å². The number of benzene rings is 2. The predicted molar refractivity (Wildman–Crippen MR) is 111 cm³/mol. The minimum atomic E-state index is -0.0172. The minimum Gasteiger partial charge on any atom is -0.494 e. The third-order valence-corrected chi connectivity index (χ3v) is 4.99. The van der Waals surface area contributed by atoms with Crippen molar-refractivity contribution in [3.8, 4) is 5.75 Å². The standard InChI is InChI=1S/C22H29N3O2/c1-5-27-20-8-6-19(7-9-20)24-10-12-25(13-11-24)22(26)23-21-17(3)14-16(2)15-18(21)4/h6-9,14-15H,5,10-13H2,1-4H3,(H,23,26). The summed E-state index contributed by atoms with van der Waals surface area (Å²) in [6, 6.07) is 12.4. The zero-order valence-corrected chi connectivity index (χ0v) is 16.7. The van der Waals surface area contributed by atoms with E-state index < -0.39 is 0 Å². The van der Waals surface area contributed by atoms with E-state index in [4.69, 9.17) is 4.74 Å². The fourth-order valence-electron chi connectivity index (χ4n) is 3.65. The average Bonchev–Trinajstić information content (AvgIpc) is 2.65. The SMILES string of the molecule is CCOc1ccc(N2CCN(C(=O)Nc3c(C)cc(C)cc3C)CC2)cc1. The number of ether oxygens (including phenoxy) is 1. The molecule has 1 N–H and O–H groups in total. The second kappa shape index (κ2) is 8.33. The van der Waals surface area contributed by atoms with Crippen LogP contribution in [0.15, 0.2) is 36.4 Å². The highest BCUT2D eigenvalue weighted by Gasteiger charge is 2.22. The van der Waals surface area contributed by atoms with Crippen molar-refractivity contribution < 1.29 is 9.53 Å². The molecular formula is C22H29N3O2. The average molecular weight is 367 g/mol. The van der Waals surface area contributed by atoms with Crippen LogP contribution in [0.25, 0.3) is 0 Å². The number of piperazine rings is 1. The first-order chi connectivity index (χ1) is 13.0. The van der Waals surface area contributed by atoms with Gasteiger partial charge in [0.05, 0.1) is 6.61 Å². The second-order valence-electron chi connectivity index (χ2n) is 7.10. The Morgan fingerprint density at radius 1 is 1.00 bits per heavy atom. The second-order valence-corrected chi connectivity index (χ2v) is 7.10. The van der Waals surface area contributed by atoms with Gasteiger partial charge in [0.1, 0.15) is 5.75 Å². The summed E-state index contributed by atoms with van der Waals surface area (Å²) in [5.41, 5.74) is 5.53. The number of rotatable bonds is 4. The van der Waals surface area contributed by atoms with Crippen LogP contribution < -0.4 is 15.0 Å². The molecule has 0 saturated carbocycles. The normalized spacial score (nSPS) is 14.2. The van der Waals surface area contributed by atoms with Crippen LogP contribution in [0.5, 0.6) is 5.75 Å². The molecule has 2 amide bonds. The maximum Gasteiger partial charge on any atom is 0.321 e. The fourth-order valence-corrected chi connectivity index (χ4v) is 3.65. The summed E-state index contributed by atoms with van der Waals surface area (Å²) in [6.07, 6.45) is 0. The van der Waals surface area contributed by atoms with Crippen molar-refractivity contribution in [3.63, 3.8) is 0 Å². The Labute approximate surface area is 161 Å². The van der Waals surface area contributed by atoms with E-state index in [9.17, 15) is 4.79 Å². The van der Waals surface area contributed by atoms with Crippen LogP contribution >= 0.6 is 0 Å². The highest BCUT2D eigenvalue weighted by atomic mass is 16.5. The Hall–Kier alpha value is -2.69. The predicted octanol–water partition coefficient (Wildman–Crippen LogP) is 4.36. The quantitative estimate of drug-likeness (QED) is 0.873. The molecule has 0 spiro atoms. The topological polar surface area (TPSA) is 44.8 Å². The Kier molecular flexibility index (Phi) is 5.89. The molecule has 1 saturated heterocycles. The van der Waals surface area contributed by atoms with Crippen molar-refractivity contribution in [2.24, 2.45) is 0 Å². The van der Waals surface area contributed by atoms with Crippen LogP contribution in [0.1, 0.15) is 23.6 Å². The number of urea groups is 1. The van der Waals surface area contributed by atoms with E-state index in [2.05, 4.69) is 41.4 Å². The number of nitrogens with one attached hydrogen (secondary N) is 1. The van der Waals surface area contributed by atoms with Gasteiger partial charge in [-0.15, -0.1) is 0 Å². The van der Waals surface area contributed by atoms with Crippen LogP contribution in [0, 0.1) is 20.8 Å². The Balaban J connectivity index is 1.58. The monoisotopic (exact) mass is 367 g/mol. The number of carbonyl (C=O) groups excluding carboxylic acids is 1. The van der Waals surface area contributed by atoms with Gasteiger partial charge in [0.2, 0.25) is 0 Å². The lowest BCUT2D eigenvalue weighted by Crippen LogP contribution is -2.50. The number of anilines is 2. The van der Waals surface area contributed by atoms with Crippen molar-refractivity contribution in [2.75, 3.05) is 43.0 Å². The van der Waals surface area contributed by atoms with E-state index in [-0.39, 0.29) is 6.03 Å². The van der Waals surface area contributed by atoms with E-state index in [0.29, 0.717) is 19.7 Å². The molecule has 1 aliphatic rings. The van der Waals surface area contributed by atoms with E-state index in [1.54, 1.807) is 0 Å². The first-order valence-corrected chi connectivity index (χ1v) is 9.59. The van der Waals surface area contributed by atoms with E-state index in [1.165, 1.54) is 11.3 Å². The van der Waals surface area contributed by atoms with Crippen molar-refractivity contribution in [1.82, 2.24) is 4.90 Å². The molecule has 1 fully saturated rings. The molecule has 0 unspecified atom stereocenters. The minimum absolute atomic E-state index is 0.0172. The lowest BCUT2D eigenvalue weighted by atomic mass is 10.1. The first-order valence-electron chi connectivity index (χ1n) is 9.59. The van der Waals surface area contributed by atoms with Gasteiger partial charge in [-0.1, -0.05) is 17.7 Å². The van der Waals surface area contributed by atoms with Gasteiger partial charge in [-0.25, -0.2) is 4.79 Å². The Morgan fingerprint density at radius 2 is 1.59 bits per heavy atom. The molecule has 3 rings (SSSR count). The summed E-state index contributed by atoms with van der Waals surface area (Å²) in [6.45, 7) is 11.9. The third-order valence-electron chi connectivity index (χ3n) is 4.99. The van der Waals surface area contributed by atoms with Gasteiger partial charge in [0, 0.05) is 37.6 Å². The lowest BCUT2D eigenvalue weighted by Gasteiger charge is -2.36. The van der Waals surface area contributed by atoms with Gasteiger partial charge >= 0.3 is 6.03 Å². The molecule has 1 heterocycles. The van der Waals surface area contributed by atoms with Crippen LogP contribution in [0.3, 0.4) is 0 Å². The number of hydrogen-bond acceptors (Lipinski definition) is 3. The highest BCUT2D eigenvalue weighted by Crippen LogP contribution is 2.24. The molecule has 0 bridgehead atoms. The van der Waals surface area contributed by atoms with Gasteiger partial charge in [0.25, 0.3) is 0 Å². The summed E-state index contributed by atoms with van der Waals surface area (Å²) in [5.74, 6) is 0.892. The number of hydrogen-bond donors (Lipinski definition) is 1. The molecule has 1 aliphatic heterocycles. The zero-order chi connectivity index (χ0) is 19.4. The van der Waals surface area contributed by atoms with Crippen LogP contribution in [-0.4, -0.2) is 43.7 Å². The van der Waals surface area contributed by atoms with Gasteiger partial charge < -0.3 is 19.9 Å². The lowest BCUT2D eigenvalue weighted by molar-refractivity contribution is 0.208. The maximum absolute atomic E-state index is 12.7. The van der Waals surface area contributed by atoms with E-state index in [1.807, 2.05) is 37.8 Å². The van der Waals surface area contributed by atoms with Gasteiger partial charge in [-0.05, 0) is 63.1 Å². The molecule has 27 heavy (non-hydrogen) atoms. The molecule has 5 heteroatoms. The molecule has 144 valence electrons. The molecule has 0 aliphatic carbocycles. The summed E-state index contributed by atoms with van der Waals surface area (Å²) in [5, 5.41) is 3.10. The molecule has 2 aromatic carbocycles. The number of aryl methyl sites for hydroxylation is 3. The third kappa shape index (κ3) is 4.54. The van der Waals surface area contributed by atoms with Crippen molar-refractivity contribution in [2.45, 2.75) is 27.7 Å². The Morgan fingerprint density at radius 3 is 2.15 bits per heavy atom. The van der Waals surface area contributed by atoms with Crippen molar-refractivity contribution in [1.29, 1.82) is 0 Å². The number of nitrogens with zero attached hydrogens (tertiary/aromatic N) is 2. The summed E-state index contributed by atoms with van der Waals surface area (Å²) in [7, 11) is 0. The molecule has 0 atom stereocenters.